The summed E-state index contributed by atoms with van der Waals surface area (Å²) in [5.41, 5.74) is 0. The molecule has 1 N–H and O–H groups in total. The van der Waals surface area contributed by atoms with E-state index in [4.69, 9.17) is 0 Å². The first-order valence-corrected chi connectivity index (χ1v) is 7.35. The van der Waals surface area contributed by atoms with Crippen LogP contribution in [0.5, 0.6) is 0 Å². The van der Waals surface area contributed by atoms with Gasteiger partial charge in [0.1, 0.15) is 0 Å². The maximum atomic E-state index is 11.5. The van der Waals surface area contributed by atoms with E-state index in [2.05, 4.69) is 12.2 Å². The molecular weight excluding hydrogens is 198 g/mol. The highest BCUT2D eigenvalue weighted by Gasteiger charge is 2.27. The van der Waals surface area contributed by atoms with Crippen LogP contribution in [0.2, 0.25) is 0 Å². The zero-order valence-corrected chi connectivity index (χ0v) is 10.5. The van der Waals surface area contributed by atoms with E-state index in [-0.39, 0.29) is 11.3 Å². The minimum atomic E-state index is -2.92. The van der Waals surface area contributed by atoms with Gasteiger partial charge in [-0.15, -0.1) is 0 Å². The Morgan fingerprint density at radius 1 is 1.21 bits per heavy atom. The number of nitrogens with one attached hydrogen (secondary N) is 1. The van der Waals surface area contributed by atoms with Gasteiger partial charge >= 0.3 is 0 Å². The van der Waals surface area contributed by atoms with Crippen molar-refractivity contribution in [1.29, 1.82) is 0 Å². The molecular formula is C10H23NO2S. The van der Waals surface area contributed by atoms with Crippen LogP contribution in [0.3, 0.4) is 0 Å². The SMILES string of the molecule is CCCC(NCC)C(CC)S(C)(=O)=O. The second kappa shape index (κ2) is 6.40. The highest BCUT2D eigenvalue weighted by atomic mass is 32.2. The summed E-state index contributed by atoms with van der Waals surface area (Å²) in [4.78, 5) is 0. The van der Waals surface area contributed by atoms with Crippen LogP contribution in [-0.2, 0) is 9.84 Å². The Labute approximate surface area is 88.2 Å². The van der Waals surface area contributed by atoms with E-state index in [0.717, 1.165) is 19.4 Å². The van der Waals surface area contributed by atoms with Crippen molar-refractivity contribution in [2.24, 2.45) is 0 Å². The van der Waals surface area contributed by atoms with E-state index < -0.39 is 9.84 Å². The van der Waals surface area contributed by atoms with Crippen LogP contribution >= 0.6 is 0 Å². The topological polar surface area (TPSA) is 46.2 Å². The van der Waals surface area contributed by atoms with Crippen LogP contribution in [0.15, 0.2) is 0 Å². The van der Waals surface area contributed by atoms with Gasteiger partial charge in [0.2, 0.25) is 0 Å². The minimum absolute atomic E-state index is 0.116. The summed E-state index contributed by atoms with van der Waals surface area (Å²) in [6, 6.07) is 0.116. The molecule has 14 heavy (non-hydrogen) atoms. The summed E-state index contributed by atoms with van der Waals surface area (Å²) in [7, 11) is -2.92. The van der Waals surface area contributed by atoms with Crippen molar-refractivity contribution in [1.82, 2.24) is 5.32 Å². The van der Waals surface area contributed by atoms with Crippen LogP contribution in [0.4, 0.5) is 0 Å². The lowest BCUT2D eigenvalue weighted by Crippen LogP contribution is -2.43. The van der Waals surface area contributed by atoms with Crippen molar-refractivity contribution in [2.45, 2.75) is 51.3 Å². The number of hydrogen-bond donors (Lipinski definition) is 1. The van der Waals surface area contributed by atoms with Gasteiger partial charge in [0.05, 0.1) is 5.25 Å². The van der Waals surface area contributed by atoms with Gasteiger partial charge < -0.3 is 5.32 Å². The predicted molar refractivity (Wildman–Crippen MR) is 61.3 cm³/mol. The fraction of sp³-hybridized carbons (Fsp3) is 1.00. The summed E-state index contributed by atoms with van der Waals surface area (Å²) >= 11 is 0. The highest BCUT2D eigenvalue weighted by molar-refractivity contribution is 7.91. The van der Waals surface area contributed by atoms with Crippen molar-refractivity contribution < 1.29 is 8.42 Å². The molecule has 2 atom stereocenters. The zero-order valence-electron chi connectivity index (χ0n) is 9.71. The Balaban J connectivity index is 4.58. The van der Waals surface area contributed by atoms with E-state index >= 15 is 0 Å². The number of sulfone groups is 1. The molecule has 0 aromatic rings. The van der Waals surface area contributed by atoms with Gasteiger partial charge in [-0.05, 0) is 19.4 Å². The third kappa shape index (κ3) is 4.42. The Morgan fingerprint density at radius 2 is 1.79 bits per heavy atom. The quantitative estimate of drug-likeness (QED) is 0.710. The molecule has 0 amide bonds. The summed E-state index contributed by atoms with van der Waals surface area (Å²) in [5.74, 6) is 0. The molecule has 0 bridgehead atoms. The largest absolute Gasteiger partial charge is 0.313 e. The third-order valence-corrected chi connectivity index (χ3v) is 4.23. The average Bonchev–Trinajstić information content (AvgIpc) is 2.03. The maximum absolute atomic E-state index is 11.5. The van der Waals surface area contributed by atoms with Crippen molar-refractivity contribution in [3.63, 3.8) is 0 Å². The molecule has 0 aliphatic heterocycles. The van der Waals surface area contributed by atoms with Gasteiger partial charge in [0, 0.05) is 12.3 Å². The van der Waals surface area contributed by atoms with E-state index in [1.807, 2.05) is 13.8 Å². The summed E-state index contributed by atoms with van der Waals surface area (Å²) in [5, 5.41) is 3.03. The van der Waals surface area contributed by atoms with E-state index in [1.165, 1.54) is 6.26 Å². The van der Waals surface area contributed by atoms with Crippen LogP contribution in [0, 0.1) is 0 Å². The second-order valence-corrected chi connectivity index (χ2v) is 5.99. The van der Waals surface area contributed by atoms with Crippen LogP contribution in [0.25, 0.3) is 0 Å². The minimum Gasteiger partial charge on any atom is -0.313 e. The lowest BCUT2D eigenvalue weighted by atomic mass is 10.1. The first kappa shape index (κ1) is 13.9. The van der Waals surface area contributed by atoms with Crippen molar-refractivity contribution in [2.75, 3.05) is 12.8 Å². The zero-order chi connectivity index (χ0) is 11.2. The fourth-order valence-corrected chi connectivity index (χ4v) is 3.31. The number of rotatable bonds is 7. The maximum Gasteiger partial charge on any atom is 0.151 e. The standard InChI is InChI=1S/C10H23NO2S/c1-5-8-9(11-7-3)10(6-2)14(4,12)13/h9-11H,5-8H2,1-4H3. The Bertz CT molecular complexity index is 231. The van der Waals surface area contributed by atoms with Crippen LogP contribution < -0.4 is 5.32 Å². The van der Waals surface area contributed by atoms with Crippen LogP contribution in [0.1, 0.15) is 40.0 Å². The van der Waals surface area contributed by atoms with Crippen molar-refractivity contribution in [3.8, 4) is 0 Å². The molecule has 0 aromatic carbocycles. The lowest BCUT2D eigenvalue weighted by molar-refractivity contribution is 0.447. The first-order chi connectivity index (χ1) is 6.47. The Kier molecular flexibility index (Phi) is 6.36. The normalized spacial score (nSPS) is 16.6. The van der Waals surface area contributed by atoms with E-state index in [9.17, 15) is 8.42 Å². The first-order valence-electron chi connectivity index (χ1n) is 5.39. The molecule has 0 saturated heterocycles. The van der Waals surface area contributed by atoms with Gasteiger partial charge in [0.15, 0.2) is 9.84 Å². The van der Waals surface area contributed by atoms with Gasteiger partial charge in [0.25, 0.3) is 0 Å². The molecule has 3 nitrogen and oxygen atoms in total. The second-order valence-electron chi connectivity index (χ2n) is 3.73. The number of hydrogen-bond acceptors (Lipinski definition) is 3. The van der Waals surface area contributed by atoms with Gasteiger partial charge in [-0.25, -0.2) is 8.42 Å². The third-order valence-electron chi connectivity index (χ3n) is 2.47. The fourth-order valence-electron chi connectivity index (χ4n) is 1.88. The van der Waals surface area contributed by atoms with Gasteiger partial charge in [-0.2, -0.15) is 0 Å². The molecule has 4 heteroatoms. The smallest absolute Gasteiger partial charge is 0.151 e. The van der Waals surface area contributed by atoms with E-state index in [1.54, 1.807) is 0 Å². The summed E-state index contributed by atoms with van der Waals surface area (Å²) < 4.78 is 23.0. The molecule has 0 saturated carbocycles. The molecule has 0 aliphatic rings. The monoisotopic (exact) mass is 221 g/mol. The molecule has 0 fully saturated rings. The molecule has 0 aliphatic carbocycles. The summed E-state index contributed by atoms with van der Waals surface area (Å²) in [6.45, 7) is 6.86. The summed E-state index contributed by atoms with van der Waals surface area (Å²) in [6.07, 6.45) is 3.97. The van der Waals surface area contributed by atoms with Crippen molar-refractivity contribution in [3.05, 3.63) is 0 Å². The Hall–Kier alpha value is -0.0900. The lowest BCUT2D eigenvalue weighted by Gasteiger charge is -2.25. The highest BCUT2D eigenvalue weighted by Crippen LogP contribution is 2.13. The molecule has 0 rings (SSSR count). The molecule has 0 aromatic heterocycles. The molecule has 0 radical (unpaired) electrons. The molecule has 2 unspecified atom stereocenters. The van der Waals surface area contributed by atoms with Crippen LogP contribution in [-0.4, -0.2) is 32.5 Å². The van der Waals surface area contributed by atoms with Gasteiger partial charge in [-0.1, -0.05) is 27.2 Å². The average molecular weight is 221 g/mol. The van der Waals surface area contributed by atoms with Crippen molar-refractivity contribution >= 4 is 9.84 Å². The predicted octanol–water partition coefficient (Wildman–Crippen LogP) is 1.59. The Morgan fingerprint density at radius 3 is 2.07 bits per heavy atom. The molecule has 0 heterocycles. The van der Waals surface area contributed by atoms with Gasteiger partial charge in [-0.3, -0.25) is 0 Å². The van der Waals surface area contributed by atoms with E-state index in [0.29, 0.717) is 6.42 Å². The molecule has 0 spiro atoms. The molecule has 86 valence electrons.